The summed E-state index contributed by atoms with van der Waals surface area (Å²) in [7, 11) is 1.58. The van der Waals surface area contributed by atoms with Gasteiger partial charge in [-0.25, -0.2) is 10.4 Å². The van der Waals surface area contributed by atoms with Crippen LogP contribution < -0.4 is 20.5 Å². The van der Waals surface area contributed by atoms with E-state index < -0.39 is 11.9 Å². The molecule has 3 aromatic rings. The molecule has 1 amide bonds. The standard InChI is InChI=1S/C26H32N4O4S/c1-5-6-11-34-20-10-8-18(13-21(20)33-4)14-28-29-24(31)17(3)30-15-27-25-23(26(30)32)19-9-7-16(2)12-22(19)35-25/h8,10,13-17H,5-7,9,11-12H2,1-4H3,(H,29,31). The average Bonchev–Trinajstić information content (AvgIpc) is 3.22. The third-order valence-corrected chi connectivity index (χ3v) is 7.53. The lowest BCUT2D eigenvalue weighted by molar-refractivity contribution is -0.123. The number of methoxy groups -OCH3 is 1. The van der Waals surface area contributed by atoms with Gasteiger partial charge in [-0.05, 0) is 67.9 Å². The number of thiophene rings is 1. The second-order valence-electron chi connectivity index (χ2n) is 9.01. The van der Waals surface area contributed by atoms with Crippen LogP contribution in [0, 0.1) is 5.92 Å². The van der Waals surface area contributed by atoms with Crippen LogP contribution in [0.15, 0.2) is 34.4 Å². The fourth-order valence-electron chi connectivity index (χ4n) is 4.22. The van der Waals surface area contributed by atoms with Crippen LogP contribution in [-0.2, 0) is 17.6 Å². The van der Waals surface area contributed by atoms with Gasteiger partial charge in [0.1, 0.15) is 10.9 Å². The Morgan fingerprint density at radius 2 is 2.23 bits per heavy atom. The zero-order valence-electron chi connectivity index (χ0n) is 20.7. The van der Waals surface area contributed by atoms with Gasteiger partial charge in [-0.2, -0.15) is 5.10 Å². The maximum Gasteiger partial charge on any atom is 0.263 e. The summed E-state index contributed by atoms with van der Waals surface area (Å²) in [5.74, 6) is 1.49. The summed E-state index contributed by atoms with van der Waals surface area (Å²) >= 11 is 1.60. The zero-order valence-corrected chi connectivity index (χ0v) is 21.5. The molecule has 0 spiro atoms. The van der Waals surface area contributed by atoms with Gasteiger partial charge in [0.15, 0.2) is 11.5 Å². The van der Waals surface area contributed by atoms with Crippen molar-refractivity contribution in [2.45, 2.75) is 58.9 Å². The molecule has 0 aliphatic heterocycles. The van der Waals surface area contributed by atoms with Crippen molar-refractivity contribution in [3.63, 3.8) is 0 Å². The summed E-state index contributed by atoms with van der Waals surface area (Å²) in [5, 5.41) is 4.74. The predicted molar refractivity (Wildman–Crippen MR) is 139 cm³/mol. The quantitative estimate of drug-likeness (QED) is 0.268. The van der Waals surface area contributed by atoms with Crippen molar-refractivity contribution in [1.29, 1.82) is 0 Å². The van der Waals surface area contributed by atoms with E-state index in [0.717, 1.165) is 48.1 Å². The maximum atomic E-state index is 13.3. The lowest BCUT2D eigenvalue weighted by Gasteiger charge is -2.18. The van der Waals surface area contributed by atoms with Crippen LogP contribution in [0.5, 0.6) is 11.5 Å². The second kappa shape index (κ2) is 11.0. The van der Waals surface area contributed by atoms with E-state index in [9.17, 15) is 9.59 Å². The molecule has 1 aliphatic rings. The van der Waals surface area contributed by atoms with Crippen LogP contribution in [-0.4, -0.2) is 35.4 Å². The minimum Gasteiger partial charge on any atom is -0.493 e. The first-order valence-electron chi connectivity index (χ1n) is 12.1. The monoisotopic (exact) mass is 496 g/mol. The molecule has 9 heteroatoms. The average molecular weight is 497 g/mol. The zero-order chi connectivity index (χ0) is 24.9. The number of fused-ring (bicyclic) bond motifs is 3. The number of aryl methyl sites for hydroxylation is 1. The van der Waals surface area contributed by atoms with Crippen LogP contribution >= 0.6 is 11.3 Å². The fourth-order valence-corrected chi connectivity index (χ4v) is 5.56. The molecule has 0 fully saturated rings. The summed E-state index contributed by atoms with van der Waals surface area (Å²) in [4.78, 5) is 32.5. The van der Waals surface area contributed by atoms with Gasteiger partial charge in [0.25, 0.3) is 11.5 Å². The molecule has 0 saturated heterocycles. The highest BCUT2D eigenvalue weighted by Gasteiger charge is 2.25. The number of benzene rings is 1. The van der Waals surface area contributed by atoms with Crippen molar-refractivity contribution in [2.75, 3.05) is 13.7 Å². The molecular formula is C26H32N4O4S. The van der Waals surface area contributed by atoms with Gasteiger partial charge in [0.2, 0.25) is 0 Å². The summed E-state index contributed by atoms with van der Waals surface area (Å²) in [6.45, 7) is 6.64. The van der Waals surface area contributed by atoms with Crippen LogP contribution in [0.4, 0.5) is 0 Å². The van der Waals surface area contributed by atoms with Crippen LogP contribution in [0.2, 0.25) is 0 Å². The van der Waals surface area contributed by atoms with E-state index in [4.69, 9.17) is 9.47 Å². The number of unbranched alkanes of at least 4 members (excludes halogenated alkanes) is 1. The Labute approximate surface area is 209 Å². The number of hydrogen-bond donors (Lipinski definition) is 1. The van der Waals surface area contributed by atoms with E-state index in [-0.39, 0.29) is 5.56 Å². The number of nitrogens with zero attached hydrogens (tertiary/aromatic N) is 3. The highest BCUT2D eigenvalue weighted by atomic mass is 32.1. The van der Waals surface area contributed by atoms with Crippen LogP contribution in [0.25, 0.3) is 10.2 Å². The molecule has 186 valence electrons. The van der Waals surface area contributed by atoms with Gasteiger partial charge in [-0.15, -0.1) is 11.3 Å². The lowest BCUT2D eigenvalue weighted by Crippen LogP contribution is -2.34. The Morgan fingerprint density at radius 3 is 3.00 bits per heavy atom. The molecule has 0 bridgehead atoms. The van der Waals surface area contributed by atoms with E-state index in [2.05, 4.69) is 29.4 Å². The van der Waals surface area contributed by atoms with Gasteiger partial charge in [-0.3, -0.25) is 14.2 Å². The van der Waals surface area contributed by atoms with Gasteiger partial charge in [0, 0.05) is 4.88 Å². The van der Waals surface area contributed by atoms with Gasteiger partial charge in [0.05, 0.1) is 31.6 Å². The Morgan fingerprint density at radius 1 is 1.40 bits per heavy atom. The van der Waals surface area contributed by atoms with Gasteiger partial charge < -0.3 is 9.47 Å². The fraction of sp³-hybridized carbons (Fsp3) is 0.462. The number of aromatic nitrogens is 2. The molecule has 0 saturated carbocycles. The molecule has 2 heterocycles. The highest BCUT2D eigenvalue weighted by Crippen LogP contribution is 2.35. The van der Waals surface area contributed by atoms with E-state index in [1.54, 1.807) is 31.4 Å². The molecule has 2 atom stereocenters. The number of ether oxygens (including phenoxy) is 2. The third kappa shape index (κ3) is 5.40. The predicted octanol–water partition coefficient (Wildman–Crippen LogP) is 4.48. The van der Waals surface area contributed by atoms with Crippen molar-refractivity contribution >= 4 is 33.7 Å². The molecule has 4 rings (SSSR count). The maximum absolute atomic E-state index is 13.3. The van der Waals surface area contributed by atoms with Crippen LogP contribution in [0.1, 0.15) is 62.1 Å². The molecule has 1 aliphatic carbocycles. The highest BCUT2D eigenvalue weighted by molar-refractivity contribution is 7.18. The second-order valence-corrected chi connectivity index (χ2v) is 10.1. The van der Waals surface area contributed by atoms with Gasteiger partial charge in [-0.1, -0.05) is 20.3 Å². The molecular weight excluding hydrogens is 464 g/mol. The van der Waals surface area contributed by atoms with E-state index in [0.29, 0.717) is 29.4 Å². The number of carbonyl (C=O) groups is 1. The molecule has 1 aromatic carbocycles. The largest absolute Gasteiger partial charge is 0.493 e. The number of hydrogen-bond acceptors (Lipinski definition) is 7. The number of hydrazone groups is 1. The Bertz CT molecular complexity index is 1300. The Hall–Kier alpha value is -3.20. The summed E-state index contributed by atoms with van der Waals surface area (Å²) in [6.07, 6.45) is 7.95. The topological polar surface area (TPSA) is 94.8 Å². The number of carbonyl (C=O) groups excluding carboxylic acids is 1. The van der Waals surface area contributed by atoms with Crippen molar-refractivity contribution < 1.29 is 14.3 Å². The SMILES string of the molecule is CCCCOc1ccc(C=NNC(=O)C(C)n2cnc3sc4c(c3c2=O)CCC(C)C4)cc1OC. The number of amides is 1. The first-order valence-corrected chi connectivity index (χ1v) is 12.9. The summed E-state index contributed by atoms with van der Waals surface area (Å²) in [6, 6.07) is 4.71. The van der Waals surface area contributed by atoms with E-state index >= 15 is 0 Å². The van der Waals surface area contributed by atoms with E-state index in [1.165, 1.54) is 22.0 Å². The minimum atomic E-state index is -0.751. The number of rotatable bonds is 9. The molecule has 0 radical (unpaired) electrons. The number of nitrogens with one attached hydrogen (secondary N) is 1. The molecule has 2 aromatic heterocycles. The van der Waals surface area contributed by atoms with Gasteiger partial charge >= 0.3 is 0 Å². The lowest BCUT2D eigenvalue weighted by atomic mass is 9.89. The van der Waals surface area contributed by atoms with Crippen molar-refractivity contribution in [1.82, 2.24) is 15.0 Å². The minimum absolute atomic E-state index is 0.169. The Kier molecular flexibility index (Phi) is 7.85. The first kappa shape index (κ1) is 24.9. The first-order chi connectivity index (χ1) is 16.9. The summed E-state index contributed by atoms with van der Waals surface area (Å²) < 4.78 is 12.5. The van der Waals surface area contributed by atoms with Crippen molar-refractivity contribution in [3.05, 3.63) is 50.9 Å². The molecule has 1 N–H and O–H groups in total. The smallest absolute Gasteiger partial charge is 0.263 e. The normalized spacial score (nSPS) is 16.3. The van der Waals surface area contributed by atoms with Crippen molar-refractivity contribution in [2.24, 2.45) is 11.0 Å². The molecule has 8 nitrogen and oxygen atoms in total. The summed E-state index contributed by atoms with van der Waals surface area (Å²) in [5.41, 5.74) is 4.22. The Balaban J connectivity index is 1.46. The molecule has 35 heavy (non-hydrogen) atoms. The van der Waals surface area contributed by atoms with Crippen LogP contribution in [0.3, 0.4) is 0 Å². The van der Waals surface area contributed by atoms with E-state index in [1.807, 2.05) is 12.1 Å². The third-order valence-electron chi connectivity index (χ3n) is 6.37. The van der Waals surface area contributed by atoms with Crippen molar-refractivity contribution in [3.8, 4) is 11.5 Å². The molecule has 2 unspecified atom stereocenters.